The van der Waals surface area contributed by atoms with Gasteiger partial charge in [0, 0.05) is 11.1 Å². The van der Waals surface area contributed by atoms with Crippen molar-refractivity contribution in [1.82, 2.24) is 4.98 Å². The van der Waals surface area contributed by atoms with E-state index in [4.69, 9.17) is 5.41 Å². The van der Waals surface area contributed by atoms with Gasteiger partial charge < -0.3 is 10.0 Å². The van der Waals surface area contributed by atoms with E-state index in [1.807, 2.05) is 59.0 Å². The maximum absolute atomic E-state index is 10.4. The lowest BCUT2D eigenvalue weighted by molar-refractivity contribution is 0.411. The van der Waals surface area contributed by atoms with Crippen LogP contribution < -0.4 is 4.90 Å². The smallest absolute Gasteiger partial charge is 0.139 e. The van der Waals surface area contributed by atoms with Gasteiger partial charge in [-0.2, -0.15) is 0 Å². The van der Waals surface area contributed by atoms with E-state index in [0.29, 0.717) is 23.0 Å². The molecule has 4 nitrogen and oxygen atoms in total. The van der Waals surface area contributed by atoms with Gasteiger partial charge in [0.2, 0.25) is 0 Å². The van der Waals surface area contributed by atoms with Gasteiger partial charge in [-0.25, -0.2) is 4.98 Å². The van der Waals surface area contributed by atoms with Crippen LogP contribution in [0.25, 0.3) is 16.1 Å². The van der Waals surface area contributed by atoms with Crippen LogP contribution in [0.5, 0.6) is 0 Å². The van der Waals surface area contributed by atoms with E-state index in [1.165, 1.54) is 11.3 Å². The molecule has 2 aromatic heterocycles. The molecule has 0 unspecified atom stereocenters. The molecule has 3 aromatic rings. The summed E-state index contributed by atoms with van der Waals surface area (Å²) in [5.74, 6) is 0.499. The zero-order valence-corrected chi connectivity index (χ0v) is 14.6. The summed E-state index contributed by atoms with van der Waals surface area (Å²) >= 11 is 3.10. The van der Waals surface area contributed by atoms with Crippen molar-refractivity contribution in [3.8, 4) is 10.6 Å². The maximum Gasteiger partial charge on any atom is 0.139 e. The van der Waals surface area contributed by atoms with E-state index < -0.39 is 0 Å². The number of hydrogen-bond donors (Lipinski definition) is 2. The van der Waals surface area contributed by atoms with Crippen LogP contribution in [0.2, 0.25) is 0 Å². The van der Waals surface area contributed by atoms with Gasteiger partial charge in [-0.15, -0.1) is 22.7 Å². The molecule has 3 heterocycles. The molecule has 24 heavy (non-hydrogen) atoms. The first-order valence-corrected chi connectivity index (χ1v) is 9.24. The second-order valence-electron chi connectivity index (χ2n) is 5.61. The standard InChI is InChI=1S/C18H15N3OS2/c1-11-4-2-5-12(8-11)21-9-14(22)16(17(21)19)18-20-13(10-24-18)15-6-3-7-23-15/h2-8,10,19,22H,9H2,1H3. The molecule has 120 valence electrons. The Kier molecular flexibility index (Phi) is 3.70. The number of benzene rings is 1. The number of anilines is 1. The third kappa shape index (κ3) is 2.53. The largest absolute Gasteiger partial charge is 0.510 e. The molecule has 1 aliphatic heterocycles. The molecule has 0 aliphatic carbocycles. The van der Waals surface area contributed by atoms with Gasteiger partial charge in [-0.05, 0) is 36.1 Å². The van der Waals surface area contributed by atoms with Gasteiger partial charge in [-0.1, -0.05) is 18.2 Å². The number of thiazole rings is 1. The minimum atomic E-state index is 0.202. The highest BCUT2D eigenvalue weighted by Crippen LogP contribution is 2.35. The number of aliphatic hydroxyl groups excluding tert-OH is 1. The van der Waals surface area contributed by atoms with Crippen LogP contribution in [-0.4, -0.2) is 22.5 Å². The van der Waals surface area contributed by atoms with Crippen molar-refractivity contribution in [3.63, 3.8) is 0 Å². The number of rotatable bonds is 3. The average molecular weight is 353 g/mol. The molecule has 1 aliphatic rings. The molecule has 6 heteroatoms. The molecule has 0 bridgehead atoms. The third-order valence-electron chi connectivity index (χ3n) is 3.91. The second-order valence-corrected chi connectivity index (χ2v) is 7.42. The van der Waals surface area contributed by atoms with Gasteiger partial charge in [0.25, 0.3) is 0 Å². The van der Waals surface area contributed by atoms with Crippen LogP contribution in [-0.2, 0) is 0 Å². The van der Waals surface area contributed by atoms with Crippen molar-refractivity contribution in [1.29, 1.82) is 5.41 Å². The molecule has 0 spiro atoms. The molecule has 0 fully saturated rings. The third-order valence-corrected chi connectivity index (χ3v) is 5.66. The van der Waals surface area contributed by atoms with Crippen LogP contribution in [0.3, 0.4) is 0 Å². The van der Waals surface area contributed by atoms with Crippen LogP contribution in [0, 0.1) is 12.3 Å². The first-order valence-electron chi connectivity index (χ1n) is 7.48. The van der Waals surface area contributed by atoms with Gasteiger partial charge in [0.1, 0.15) is 16.6 Å². The second kappa shape index (κ2) is 5.89. The molecule has 0 radical (unpaired) electrons. The summed E-state index contributed by atoms with van der Waals surface area (Å²) < 4.78 is 0. The Bertz CT molecular complexity index is 941. The van der Waals surface area contributed by atoms with Gasteiger partial charge in [0.05, 0.1) is 22.7 Å². The number of aliphatic hydroxyl groups is 1. The van der Waals surface area contributed by atoms with Crippen LogP contribution in [0.1, 0.15) is 10.6 Å². The Hall–Kier alpha value is -2.44. The van der Waals surface area contributed by atoms with Crippen molar-refractivity contribution in [3.05, 3.63) is 63.5 Å². The topological polar surface area (TPSA) is 60.2 Å². The predicted molar refractivity (Wildman–Crippen MR) is 101 cm³/mol. The van der Waals surface area contributed by atoms with E-state index in [1.54, 1.807) is 11.3 Å². The molecule has 2 N–H and O–H groups in total. The lowest BCUT2D eigenvalue weighted by atomic mass is 10.2. The summed E-state index contributed by atoms with van der Waals surface area (Å²) in [4.78, 5) is 7.53. The van der Waals surface area contributed by atoms with Crippen LogP contribution >= 0.6 is 22.7 Å². The summed E-state index contributed by atoms with van der Waals surface area (Å²) in [6.45, 7) is 2.33. The summed E-state index contributed by atoms with van der Waals surface area (Å²) in [7, 11) is 0. The monoisotopic (exact) mass is 353 g/mol. The highest BCUT2D eigenvalue weighted by Gasteiger charge is 2.31. The van der Waals surface area contributed by atoms with E-state index in [0.717, 1.165) is 21.8 Å². The minimum Gasteiger partial charge on any atom is -0.510 e. The van der Waals surface area contributed by atoms with E-state index in [9.17, 15) is 5.11 Å². The van der Waals surface area contributed by atoms with Crippen LogP contribution in [0.15, 0.2) is 52.9 Å². The van der Waals surface area contributed by atoms with Crippen molar-refractivity contribution in [2.24, 2.45) is 0 Å². The normalized spacial score (nSPS) is 14.7. The Balaban J connectivity index is 1.67. The zero-order chi connectivity index (χ0) is 16.7. The molecular formula is C18H15N3OS2. The molecular weight excluding hydrogens is 338 g/mol. The molecule has 0 saturated carbocycles. The van der Waals surface area contributed by atoms with Crippen molar-refractivity contribution in [2.45, 2.75) is 6.92 Å². The quantitative estimate of drug-likeness (QED) is 0.700. The van der Waals surface area contributed by atoms with Gasteiger partial charge in [-0.3, -0.25) is 5.41 Å². The first-order chi connectivity index (χ1) is 11.6. The number of nitrogens with one attached hydrogen (secondary N) is 1. The van der Waals surface area contributed by atoms with Gasteiger partial charge in [0.15, 0.2) is 0 Å². The summed E-state index contributed by atoms with van der Waals surface area (Å²) in [5.41, 5.74) is 3.47. The predicted octanol–water partition coefficient (Wildman–Crippen LogP) is 4.95. The molecule has 0 atom stereocenters. The van der Waals surface area contributed by atoms with E-state index in [2.05, 4.69) is 4.98 Å². The summed E-state index contributed by atoms with van der Waals surface area (Å²) in [5, 5.41) is 23.6. The Morgan fingerprint density at radius 3 is 2.83 bits per heavy atom. The molecule has 1 aromatic carbocycles. The number of aromatic nitrogens is 1. The van der Waals surface area contributed by atoms with Crippen molar-refractivity contribution < 1.29 is 5.11 Å². The highest BCUT2D eigenvalue weighted by atomic mass is 32.1. The van der Waals surface area contributed by atoms with Crippen molar-refractivity contribution >= 4 is 39.8 Å². The molecule has 0 saturated heterocycles. The SMILES string of the molecule is Cc1cccc(N2CC(O)=C(c3nc(-c4cccs4)cs3)C2=N)c1. The van der Waals surface area contributed by atoms with Gasteiger partial charge >= 0.3 is 0 Å². The highest BCUT2D eigenvalue weighted by molar-refractivity contribution is 7.14. The average Bonchev–Trinajstić information content (AvgIpc) is 3.27. The number of hydrogen-bond acceptors (Lipinski definition) is 5. The maximum atomic E-state index is 10.4. The summed E-state index contributed by atoms with van der Waals surface area (Å²) in [6.07, 6.45) is 0. The zero-order valence-electron chi connectivity index (χ0n) is 13.0. The number of amidine groups is 1. The summed E-state index contributed by atoms with van der Waals surface area (Å²) in [6, 6.07) is 12.0. The Morgan fingerprint density at radius 1 is 1.21 bits per heavy atom. The minimum absolute atomic E-state index is 0.202. The van der Waals surface area contributed by atoms with Crippen molar-refractivity contribution in [2.75, 3.05) is 11.4 Å². The molecule has 0 amide bonds. The number of thiophene rings is 1. The van der Waals surface area contributed by atoms with Crippen LogP contribution in [0.4, 0.5) is 5.69 Å². The lowest BCUT2D eigenvalue weighted by Crippen LogP contribution is -2.26. The fraction of sp³-hybridized carbons (Fsp3) is 0.111. The Morgan fingerprint density at radius 2 is 2.08 bits per heavy atom. The first kappa shape index (κ1) is 15.1. The van der Waals surface area contributed by atoms with E-state index >= 15 is 0 Å². The number of nitrogens with zero attached hydrogens (tertiary/aromatic N) is 2. The van der Waals surface area contributed by atoms with E-state index in [-0.39, 0.29) is 5.76 Å². The fourth-order valence-electron chi connectivity index (χ4n) is 2.75. The lowest BCUT2D eigenvalue weighted by Gasteiger charge is -2.18. The number of aryl methyl sites for hydroxylation is 1. The fourth-order valence-corrected chi connectivity index (χ4v) is 4.39. The Labute approximate surface area is 147 Å². The molecule has 4 rings (SSSR count).